The average Bonchev–Trinajstić information content (AvgIpc) is 3.15. The molecule has 1 saturated heterocycles. The van der Waals surface area contributed by atoms with E-state index in [2.05, 4.69) is 11.9 Å². The van der Waals surface area contributed by atoms with Crippen molar-refractivity contribution in [3.8, 4) is 0 Å². The summed E-state index contributed by atoms with van der Waals surface area (Å²) in [5, 5.41) is 0. The largest absolute Gasteiger partial charge is 0.449 e. The summed E-state index contributed by atoms with van der Waals surface area (Å²) in [6.45, 7) is 0.510. The van der Waals surface area contributed by atoms with Gasteiger partial charge in [0.2, 0.25) is 0 Å². The predicted octanol–water partition coefficient (Wildman–Crippen LogP) is 4.33. The van der Waals surface area contributed by atoms with E-state index in [1.165, 1.54) is 25.7 Å². The molecule has 4 nitrogen and oxygen atoms in total. The van der Waals surface area contributed by atoms with E-state index in [1.54, 1.807) is 11.9 Å². The molecule has 1 aromatic rings. The van der Waals surface area contributed by atoms with Crippen LogP contribution in [0.15, 0.2) is 30.3 Å². The van der Waals surface area contributed by atoms with Gasteiger partial charge in [0.05, 0.1) is 6.61 Å². The third-order valence-corrected chi connectivity index (χ3v) is 5.62. The van der Waals surface area contributed by atoms with E-state index in [-0.39, 0.29) is 18.5 Å². The monoisotopic (exact) mass is 352 g/mol. The quantitative estimate of drug-likeness (QED) is 0.739. The Morgan fingerprint density at radius 2 is 2.04 bits per heavy atom. The highest BCUT2D eigenvalue weighted by atomic mass is 35.5. The number of nitrogens with zero attached hydrogens (tertiary/aromatic N) is 2. The van der Waals surface area contributed by atoms with Crippen molar-refractivity contribution < 1.29 is 9.53 Å². The third kappa shape index (κ3) is 4.22. The Morgan fingerprint density at radius 1 is 1.29 bits per heavy atom. The lowest BCUT2D eigenvalue weighted by Crippen LogP contribution is -2.32. The first kappa shape index (κ1) is 19.1. The minimum Gasteiger partial charge on any atom is -0.449 e. The molecule has 1 aromatic carbocycles. The molecular formula is C19H29ClN2O2. The maximum absolute atomic E-state index is 12.1. The van der Waals surface area contributed by atoms with Gasteiger partial charge in [-0.1, -0.05) is 24.6 Å². The van der Waals surface area contributed by atoms with Crippen molar-refractivity contribution in [2.24, 2.45) is 5.92 Å². The van der Waals surface area contributed by atoms with Crippen molar-refractivity contribution in [1.82, 2.24) is 4.90 Å². The van der Waals surface area contributed by atoms with Crippen LogP contribution in [-0.2, 0) is 4.74 Å². The number of halogens is 1. The van der Waals surface area contributed by atoms with Gasteiger partial charge in [-0.2, -0.15) is 0 Å². The van der Waals surface area contributed by atoms with Gasteiger partial charge in [0, 0.05) is 24.8 Å². The lowest BCUT2D eigenvalue weighted by molar-refractivity contribution is 0.146. The number of fused-ring (bicyclic) bond motifs is 1. The summed E-state index contributed by atoms with van der Waals surface area (Å²) in [4.78, 5) is 16.2. The molecule has 3 rings (SSSR count). The number of rotatable bonds is 5. The van der Waals surface area contributed by atoms with Crippen molar-refractivity contribution in [1.29, 1.82) is 0 Å². The first-order chi connectivity index (χ1) is 11.2. The van der Waals surface area contributed by atoms with Crippen molar-refractivity contribution in [3.63, 3.8) is 0 Å². The van der Waals surface area contributed by atoms with Crippen molar-refractivity contribution >= 4 is 24.2 Å². The van der Waals surface area contributed by atoms with E-state index in [9.17, 15) is 4.79 Å². The second kappa shape index (κ2) is 8.72. The van der Waals surface area contributed by atoms with Crippen LogP contribution in [-0.4, -0.2) is 43.8 Å². The van der Waals surface area contributed by atoms with Gasteiger partial charge in [-0.25, -0.2) is 4.79 Å². The second-order valence-electron chi connectivity index (χ2n) is 6.96. The van der Waals surface area contributed by atoms with E-state index in [0.717, 1.165) is 30.5 Å². The van der Waals surface area contributed by atoms with Gasteiger partial charge < -0.3 is 9.64 Å². The number of amides is 1. The summed E-state index contributed by atoms with van der Waals surface area (Å²) >= 11 is 0. The molecule has 24 heavy (non-hydrogen) atoms. The fourth-order valence-electron chi connectivity index (χ4n) is 4.27. The molecule has 0 bridgehead atoms. The highest BCUT2D eigenvalue weighted by molar-refractivity contribution is 5.86. The Balaban J connectivity index is 0.00000208. The molecular weight excluding hydrogens is 324 g/mol. The van der Waals surface area contributed by atoms with E-state index < -0.39 is 0 Å². The molecule has 0 radical (unpaired) electrons. The third-order valence-electron chi connectivity index (χ3n) is 5.62. The summed E-state index contributed by atoms with van der Waals surface area (Å²) in [5.41, 5.74) is 0.862. The van der Waals surface area contributed by atoms with Crippen LogP contribution in [0.3, 0.4) is 0 Å². The van der Waals surface area contributed by atoms with Gasteiger partial charge in [0.25, 0.3) is 0 Å². The van der Waals surface area contributed by atoms with E-state index >= 15 is 0 Å². The molecule has 1 amide bonds. The van der Waals surface area contributed by atoms with Crippen LogP contribution in [0.5, 0.6) is 0 Å². The van der Waals surface area contributed by atoms with Gasteiger partial charge in [-0.3, -0.25) is 4.90 Å². The van der Waals surface area contributed by atoms with Crippen LogP contribution >= 0.6 is 12.4 Å². The second-order valence-corrected chi connectivity index (χ2v) is 6.96. The molecule has 1 aliphatic carbocycles. The molecule has 2 aliphatic rings. The Kier molecular flexibility index (Phi) is 6.93. The molecule has 0 unspecified atom stereocenters. The minimum atomic E-state index is -0.271. The zero-order valence-electron chi connectivity index (χ0n) is 14.7. The molecule has 134 valence electrons. The molecule has 1 aliphatic heterocycles. The normalized spacial score (nSPS) is 25.8. The first-order valence-corrected chi connectivity index (χ1v) is 8.84. The number of carbonyl (C=O) groups is 1. The number of likely N-dealkylation sites (tertiary alicyclic amines) is 1. The minimum absolute atomic E-state index is 0. The number of anilines is 1. The van der Waals surface area contributed by atoms with Crippen LogP contribution in [0.2, 0.25) is 0 Å². The number of hydrogen-bond acceptors (Lipinski definition) is 3. The number of hydrogen-bond donors (Lipinski definition) is 0. The number of para-hydroxylation sites is 1. The fourth-order valence-corrected chi connectivity index (χ4v) is 4.27. The van der Waals surface area contributed by atoms with Crippen LogP contribution in [0.25, 0.3) is 0 Å². The number of carbonyl (C=O) groups excluding carboxylic acids is 1. The smallest absolute Gasteiger partial charge is 0.414 e. The van der Waals surface area contributed by atoms with Crippen molar-refractivity contribution in [2.75, 3.05) is 25.6 Å². The Labute approximate surface area is 151 Å². The molecule has 5 heteroatoms. The Morgan fingerprint density at radius 3 is 2.75 bits per heavy atom. The van der Waals surface area contributed by atoms with Gasteiger partial charge in [-0.15, -0.1) is 12.4 Å². The first-order valence-electron chi connectivity index (χ1n) is 8.84. The number of ether oxygens (including phenoxy) is 1. The zero-order valence-corrected chi connectivity index (χ0v) is 15.5. The molecule has 0 spiro atoms. The van der Waals surface area contributed by atoms with Crippen LogP contribution in [0.4, 0.5) is 10.5 Å². The van der Waals surface area contributed by atoms with E-state index in [1.807, 2.05) is 30.3 Å². The fraction of sp³-hybridized carbons (Fsp3) is 0.632. The lowest BCUT2D eigenvalue weighted by atomic mass is 10.00. The van der Waals surface area contributed by atoms with Gasteiger partial charge >= 0.3 is 6.09 Å². The average molecular weight is 353 g/mol. The van der Waals surface area contributed by atoms with Crippen molar-refractivity contribution in [2.45, 2.75) is 50.6 Å². The Hall–Kier alpha value is -1.26. The molecule has 3 atom stereocenters. The van der Waals surface area contributed by atoms with Gasteiger partial charge in [0.1, 0.15) is 0 Å². The summed E-state index contributed by atoms with van der Waals surface area (Å²) in [7, 11) is 4.03. The van der Waals surface area contributed by atoms with Gasteiger partial charge in [0.15, 0.2) is 0 Å². The molecule has 1 heterocycles. The van der Waals surface area contributed by atoms with Crippen LogP contribution < -0.4 is 4.90 Å². The topological polar surface area (TPSA) is 32.8 Å². The maximum atomic E-state index is 12.1. The van der Waals surface area contributed by atoms with Crippen molar-refractivity contribution in [3.05, 3.63) is 30.3 Å². The predicted molar refractivity (Wildman–Crippen MR) is 100.0 cm³/mol. The lowest BCUT2D eigenvalue weighted by Gasteiger charge is -2.25. The standard InChI is InChI=1S/C19H28N2O2.ClH/c1-20-17(14-15-8-6-12-18(15)20)11-7-13-23-19(22)21(2)16-9-4-3-5-10-16;/h3-5,9-10,15,17-18H,6-8,11-14H2,1-2H3;1H/t15-,17+,18-;/m0./s1. The summed E-state index contributed by atoms with van der Waals surface area (Å²) < 4.78 is 5.42. The molecule has 0 N–H and O–H groups in total. The van der Waals surface area contributed by atoms with E-state index in [4.69, 9.17) is 4.74 Å². The molecule has 2 fully saturated rings. The van der Waals surface area contributed by atoms with Crippen LogP contribution in [0.1, 0.15) is 38.5 Å². The zero-order chi connectivity index (χ0) is 16.2. The number of benzene rings is 1. The molecule has 1 saturated carbocycles. The Bertz CT molecular complexity index is 525. The maximum Gasteiger partial charge on any atom is 0.414 e. The highest BCUT2D eigenvalue weighted by Crippen LogP contribution is 2.41. The van der Waals surface area contributed by atoms with E-state index in [0.29, 0.717) is 12.6 Å². The SMILES string of the molecule is CN(C(=O)OCCC[C@@H]1C[C@@H]2CCC[C@@H]2N1C)c1ccccc1.Cl. The summed E-state index contributed by atoms with van der Waals surface area (Å²) in [6, 6.07) is 11.1. The highest BCUT2D eigenvalue weighted by Gasteiger charge is 2.40. The van der Waals surface area contributed by atoms with Gasteiger partial charge in [-0.05, 0) is 57.2 Å². The summed E-state index contributed by atoms with van der Waals surface area (Å²) in [5.74, 6) is 0.914. The molecule has 0 aromatic heterocycles. The van der Waals surface area contributed by atoms with Crippen LogP contribution in [0, 0.1) is 5.92 Å². The summed E-state index contributed by atoms with van der Waals surface area (Å²) in [6.07, 6.45) is 7.31.